The molecule has 2 atom stereocenters. The zero-order valence-electron chi connectivity index (χ0n) is 15.3. The Kier molecular flexibility index (Phi) is 5.69. The number of imide groups is 1. The van der Waals surface area contributed by atoms with Gasteiger partial charge in [0.25, 0.3) is 0 Å². The van der Waals surface area contributed by atoms with Crippen LogP contribution in [0.5, 0.6) is 0 Å². The first-order chi connectivity index (χ1) is 13.0. The molecule has 2 amide bonds. The Labute approximate surface area is 158 Å². The lowest BCUT2D eigenvalue weighted by molar-refractivity contribution is -0.146. The maximum Gasteiger partial charge on any atom is 0.306 e. The van der Waals surface area contributed by atoms with Crippen LogP contribution >= 0.6 is 0 Å². The summed E-state index contributed by atoms with van der Waals surface area (Å²) in [5, 5.41) is 9.25. The fourth-order valence-electron chi connectivity index (χ4n) is 3.53. The van der Waals surface area contributed by atoms with E-state index in [0.717, 1.165) is 16.7 Å². The van der Waals surface area contributed by atoms with E-state index in [1.54, 1.807) is 6.92 Å². The Balaban J connectivity index is 1.80. The lowest BCUT2D eigenvalue weighted by Gasteiger charge is -2.28. The van der Waals surface area contributed by atoms with Crippen LogP contribution in [0.2, 0.25) is 0 Å². The molecule has 0 aliphatic carbocycles. The Morgan fingerprint density at radius 2 is 1.52 bits per heavy atom. The first-order valence-electron chi connectivity index (χ1n) is 9.17. The first-order valence-corrected chi connectivity index (χ1v) is 9.17. The third-order valence-corrected chi connectivity index (χ3v) is 5.03. The molecule has 3 rings (SSSR count). The number of carbonyl (C=O) groups excluding carboxylic acids is 2. The van der Waals surface area contributed by atoms with Gasteiger partial charge in [-0.05, 0) is 29.5 Å². The molecular formula is C22H23NO4. The average molecular weight is 365 g/mol. The predicted molar refractivity (Wildman–Crippen MR) is 102 cm³/mol. The first kappa shape index (κ1) is 18.8. The van der Waals surface area contributed by atoms with E-state index in [2.05, 4.69) is 0 Å². The van der Waals surface area contributed by atoms with Gasteiger partial charge >= 0.3 is 5.97 Å². The minimum Gasteiger partial charge on any atom is -0.481 e. The van der Waals surface area contributed by atoms with Crippen LogP contribution < -0.4 is 0 Å². The topological polar surface area (TPSA) is 74.7 Å². The number of benzene rings is 2. The third-order valence-electron chi connectivity index (χ3n) is 5.03. The van der Waals surface area contributed by atoms with Crippen LogP contribution in [0, 0.1) is 5.92 Å². The maximum absolute atomic E-state index is 12.2. The molecule has 0 saturated carbocycles. The van der Waals surface area contributed by atoms with Crippen LogP contribution in [-0.4, -0.2) is 33.8 Å². The van der Waals surface area contributed by atoms with E-state index in [9.17, 15) is 19.5 Å². The number of hydrogen-bond acceptors (Lipinski definition) is 3. The van der Waals surface area contributed by atoms with Gasteiger partial charge in [-0.1, -0.05) is 61.5 Å². The molecule has 0 spiro atoms. The van der Waals surface area contributed by atoms with Gasteiger partial charge in [0.2, 0.25) is 11.8 Å². The van der Waals surface area contributed by atoms with Gasteiger partial charge < -0.3 is 5.11 Å². The lowest BCUT2D eigenvalue weighted by Crippen LogP contribution is -2.42. The van der Waals surface area contributed by atoms with Gasteiger partial charge in [-0.2, -0.15) is 0 Å². The van der Waals surface area contributed by atoms with Crippen LogP contribution in [0.15, 0.2) is 54.6 Å². The van der Waals surface area contributed by atoms with E-state index in [1.807, 2.05) is 54.6 Å². The van der Waals surface area contributed by atoms with Crippen LogP contribution in [0.25, 0.3) is 11.1 Å². The summed E-state index contributed by atoms with van der Waals surface area (Å²) < 4.78 is 0. The zero-order valence-corrected chi connectivity index (χ0v) is 15.3. The molecule has 0 bridgehead atoms. The number of carboxylic acid groups (broad SMARTS) is 1. The number of hydrogen-bond donors (Lipinski definition) is 1. The highest BCUT2D eigenvalue weighted by molar-refractivity contribution is 6.02. The van der Waals surface area contributed by atoms with E-state index < -0.39 is 17.9 Å². The molecule has 1 unspecified atom stereocenters. The van der Waals surface area contributed by atoms with E-state index in [1.165, 1.54) is 4.90 Å². The number of carbonyl (C=O) groups is 3. The molecule has 1 aliphatic heterocycles. The Bertz CT molecular complexity index is 813. The summed E-state index contributed by atoms with van der Waals surface area (Å²) in [6, 6.07) is 17.6. The van der Waals surface area contributed by atoms with Crippen molar-refractivity contribution in [1.29, 1.82) is 0 Å². The van der Waals surface area contributed by atoms with Crippen LogP contribution in [0.4, 0.5) is 0 Å². The molecule has 1 fully saturated rings. The van der Waals surface area contributed by atoms with Crippen molar-refractivity contribution in [2.24, 2.45) is 5.92 Å². The average Bonchev–Trinajstić information content (AvgIpc) is 3.00. The molecule has 5 heteroatoms. The Morgan fingerprint density at radius 3 is 2.07 bits per heavy atom. The number of aliphatic carboxylic acids is 1. The van der Waals surface area contributed by atoms with Gasteiger partial charge in [0.05, 0.1) is 5.92 Å². The van der Waals surface area contributed by atoms with Crippen LogP contribution in [0.3, 0.4) is 0 Å². The van der Waals surface area contributed by atoms with Crippen molar-refractivity contribution in [1.82, 2.24) is 4.90 Å². The highest BCUT2D eigenvalue weighted by atomic mass is 16.4. The summed E-state index contributed by atoms with van der Waals surface area (Å²) >= 11 is 0. The normalized spacial score (nSPS) is 16.4. The second-order valence-electron chi connectivity index (χ2n) is 7.05. The third kappa shape index (κ3) is 4.42. The summed E-state index contributed by atoms with van der Waals surface area (Å²) in [6.45, 7) is 1.61. The number of carboxylic acids is 1. The van der Waals surface area contributed by atoms with E-state index in [-0.39, 0.29) is 31.1 Å². The molecule has 27 heavy (non-hydrogen) atoms. The highest BCUT2D eigenvalue weighted by Crippen LogP contribution is 2.25. The van der Waals surface area contributed by atoms with Gasteiger partial charge in [-0.15, -0.1) is 0 Å². The van der Waals surface area contributed by atoms with Crippen molar-refractivity contribution >= 4 is 17.8 Å². The molecule has 0 radical (unpaired) electrons. The van der Waals surface area contributed by atoms with Gasteiger partial charge in [0.1, 0.15) is 0 Å². The van der Waals surface area contributed by atoms with Crippen molar-refractivity contribution in [2.75, 3.05) is 0 Å². The van der Waals surface area contributed by atoms with Gasteiger partial charge in [0.15, 0.2) is 0 Å². The predicted octanol–water partition coefficient (Wildman–Crippen LogP) is 3.52. The molecule has 2 aromatic carbocycles. The zero-order chi connectivity index (χ0) is 19.4. The molecule has 1 heterocycles. The van der Waals surface area contributed by atoms with Gasteiger partial charge in [-0.25, -0.2) is 0 Å². The lowest BCUT2D eigenvalue weighted by atomic mass is 9.94. The Hall–Kier alpha value is -2.95. The monoisotopic (exact) mass is 365 g/mol. The van der Waals surface area contributed by atoms with Crippen molar-refractivity contribution < 1.29 is 19.5 Å². The molecule has 1 saturated heterocycles. The summed E-state index contributed by atoms with van der Waals surface area (Å²) in [5.41, 5.74) is 3.18. The van der Waals surface area contributed by atoms with Crippen LogP contribution in [-0.2, 0) is 20.8 Å². The van der Waals surface area contributed by atoms with Crippen molar-refractivity contribution in [3.63, 3.8) is 0 Å². The van der Waals surface area contributed by atoms with Crippen molar-refractivity contribution in [3.05, 3.63) is 60.2 Å². The molecule has 0 aromatic heterocycles. The van der Waals surface area contributed by atoms with E-state index in [4.69, 9.17) is 0 Å². The molecule has 5 nitrogen and oxygen atoms in total. The van der Waals surface area contributed by atoms with Crippen LogP contribution in [0.1, 0.15) is 31.7 Å². The molecule has 1 aliphatic rings. The number of rotatable bonds is 7. The second-order valence-corrected chi connectivity index (χ2v) is 7.05. The molecule has 1 N–H and O–H groups in total. The Morgan fingerprint density at radius 1 is 0.963 bits per heavy atom. The fourth-order valence-corrected chi connectivity index (χ4v) is 3.53. The molecular weight excluding hydrogens is 342 g/mol. The van der Waals surface area contributed by atoms with E-state index >= 15 is 0 Å². The van der Waals surface area contributed by atoms with Crippen molar-refractivity contribution in [2.45, 2.75) is 38.6 Å². The summed E-state index contributed by atoms with van der Waals surface area (Å²) in [6.07, 6.45) is 1.14. The number of nitrogens with zero attached hydrogens (tertiary/aromatic N) is 1. The SMILES string of the molecule is CC(C[C@@H](Cc1ccc(-c2ccccc2)cc1)N1C(=O)CCC1=O)C(=O)O. The second kappa shape index (κ2) is 8.16. The standard InChI is InChI=1S/C22H23NO4/c1-15(22(26)27)13-19(23-20(24)11-12-21(23)25)14-16-7-9-18(10-8-16)17-5-3-2-4-6-17/h2-10,15,19H,11-14H2,1H3,(H,26,27)/t15?,19-/m0/s1. The largest absolute Gasteiger partial charge is 0.481 e. The quantitative estimate of drug-likeness (QED) is 0.762. The smallest absolute Gasteiger partial charge is 0.306 e. The summed E-state index contributed by atoms with van der Waals surface area (Å²) in [7, 11) is 0. The molecule has 140 valence electrons. The fraction of sp³-hybridized carbons (Fsp3) is 0.318. The van der Waals surface area contributed by atoms with Gasteiger partial charge in [-0.3, -0.25) is 19.3 Å². The maximum atomic E-state index is 12.2. The number of likely N-dealkylation sites (tertiary alicyclic amines) is 1. The van der Waals surface area contributed by atoms with Gasteiger partial charge in [0, 0.05) is 18.9 Å². The number of amides is 2. The highest BCUT2D eigenvalue weighted by Gasteiger charge is 2.36. The minimum absolute atomic E-state index is 0.205. The van der Waals surface area contributed by atoms with Crippen molar-refractivity contribution in [3.8, 4) is 11.1 Å². The summed E-state index contributed by atoms with van der Waals surface area (Å²) in [4.78, 5) is 36.9. The summed E-state index contributed by atoms with van der Waals surface area (Å²) in [5.74, 6) is -1.95. The molecule has 2 aromatic rings. The minimum atomic E-state index is -0.918. The van der Waals surface area contributed by atoms with E-state index in [0.29, 0.717) is 6.42 Å².